The summed E-state index contributed by atoms with van der Waals surface area (Å²) in [5, 5.41) is 6.03. The molecule has 0 amide bonds. The Balaban J connectivity index is 0.000000229. The van der Waals surface area contributed by atoms with Crippen LogP contribution in [0.4, 0.5) is 10.1 Å². The van der Waals surface area contributed by atoms with Gasteiger partial charge >= 0.3 is 0 Å². The summed E-state index contributed by atoms with van der Waals surface area (Å²) in [5.74, 6) is -0.205. The van der Waals surface area contributed by atoms with Gasteiger partial charge in [-0.1, -0.05) is 50.6 Å². The summed E-state index contributed by atoms with van der Waals surface area (Å²) in [6.45, 7) is 7.80. The number of fused-ring (bicyclic) bond motifs is 1. The van der Waals surface area contributed by atoms with Crippen LogP contribution >= 0.6 is 11.6 Å². The summed E-state index contributed by atoms with van der Waals surface area (Å²) in [6, 6.07) is 11.3. The smallest absolute Gasteiger partial charge is 0.127 e. The quantitative estimate of drug-likeness (QED) is 0.553. The molecule has 0 spiro atoms. The van der Waals surface area contributed by atoms with Crippen LogP contribution in [0, 0.1) is 12.7 Å². The van der Waals surface area contributed by atoms with E-state index in [9.17, 15) is 4.39 Å². The van der Waals surface area contributed by atoms with Crippen molar-refractivity contribution in [2.75, 3.05) is 12.4 Å². The average Bonchev–Trinajstić information content (AvgIpc) is 2.66. The minimum Gasteiger partial charge on any atom is -0.388 e. The third-order valence-corrected chi connectivity index (χ3v) is 4.07. The second-order valence-corrected chi connectivity index (χ2v) is 5.61. The van der Waals surface area contributed by atoms with Crippen molar-refractivity contribution in [3.05, 3.63) is 70.8 Å². The first-order valence-electron chi connectivity index (χ1n) is 8.51. The first-order chi connectivity index (χ1) is 12.1. The highest BCUT2D eigenvalue weighted by Crippen LogP contribution is 2.21. The van der Waals surface area contributed by atoms with Gasteiger partial charge in [0.15, 0.2) is 0 Å². The predicted octanol–water partition coefficient (Wildman–Crippen LogP) is 6.65. The maximum absolute atomic E-state index is 12.9. The van der Waals surface area contributed by atoms with Crippen LogP contribution < -0.4 is 5.32 Å². The van der Waals surface area contributed by atoms with Crippen LogP contribution in [0.25, 0.3) is 10.8 Å². The van der Waals surface area contributed by atoms with Gasteiger partial charge in [-0.2, -0.15) is 0 Å². The summed E-state index contributed by atoms with van der Waals surface area (Å²) in [6.07, 6.45) is 4.39. The van der Waals surface area contributed by atoms with Gasteiger partial charge in [0, 0.05) is 40.9 Å². The van der Waals surface area contributed by atoms with Gasteiger partial charge in [-0.3, -0.25) is 4.98 Å². The van der Waals surface area contributed by atoms with Crippen molar-refractivity contribution in [2.45, 2.75) is 34.1 Å². The Hall–Kier alpha value is -2.13. The van der Waals surface area contributed by atoms with Crippen LogP contribution in [0.2, 0.25) is 5.02 Å². The number of pyridine rings is 1. The minimum absolute atomic E-state index is 0.205. The molecule has 0 aliphatic carbocycles. The van der Waals surface area contributed by atoms with E-state index < -0.39 is 0 Å². The van der Waals surface area contributed by atoms with E-state index in [1.165, 1.54) is 16.8 Å². The van der Waals surface area contributed by atoms with Gasteiger partial charge in [0.1, 0.15) is 5.82 Å². The molecular weight excluding hydrogens is 335 g/mol. The van der Waals surface area contributed by atoms with Crippen LogP contribution in [0.5, 0.6) is 0 Å². The number of hydrogen-bond acceptors (Lipinski definition) is 2. The molecule has 0 aliphatic heterocycles. The Bertz CT molecular complexity index is 798. The van der Waals surface area contributed by atoms with Crippen LogP contribution in [-0.4, -0.2) is 12.0 Å². The zero-order valence-corrected chi connectivity index (χ0v) is 16.3. The second kappa shape index (κ2) is 10.7. The minimum atomic E-state index is -0.205. The average molecular weight is 361 g/mol. The van der Waals surface area contributed by atoms with Crippen LogP contribution in [0.1, 0.15) is 31.9 Å². The Morgan fingerprint density at radius 3 is 2.52 bits per heavy atom. The fraction of sp³-hybridized carbons (Fsp3) is 0.286. The summed E-state index contributed by atoms with van der Waals surface area (Å²) >= 11 is 5.70. The Morgan fingerprint density at radius 1 is 1.16 bits per heavy atom. The van der Waals surface area contributed by atoms with Gasteiger partial charge in [-0.05, 0) is 42.7 Å². The molecule has 0 bridgehead atoms. The van der Waals surface area contributed by atoms with E-state index in [0.29, 0.717) is 11.4 Å². The molecule has 1 heterocycles. The predicted molar refractivity (Wildman–Crippen MR) is 108 cm³/mol. The van der Waals surface area contributed by atoms with E-state index in [0.717, 1.165) is 16.8 Å². The third kappa shape index (κ3) is 5.71. The molecule has 25 heavy (non-hydrogen) atoms. The molecule has 134 valence electrons. The zero-order valence-electron chi connectivity index (χ0n) is 15.5. The number of rotatable bonds is 2. The van der Waals surface area contributed by atoms with E-state index >= 15 is 0 Å². The molecule has 0 saturated heterocycles. The maximum Gasteiger partial charge on any atom is 0.127 e. The largest absolute Gasteiger partial charge is 0.388 e. The van der Waals surface area contributed by atoms with Crippen molar-refractivity contribution in [3.8, 4) is 0 Å². The molecule has 0 radical (unpaired) electrons. The van der Waals surface area contributed by atoms with Gasteiger partial charge in [0.25, 0.3) is 0 Å². The molecule has 0 saturated carbocycles. The van der Waals surface area contributed by atoms with E-state index in [-0.39, 0.29) is 5.82 Å². The number of nitrogens with zero attached hydrogens (tertiary/aromatic N) is 1. The van der Waals surface area contributed by atoms with Crippen molar-refractivity contribution in [3.63, 3.8) is 0 Å². The number of aryl methyl sites for hydroxylation is 2. The normalized spacial score (nSPS) is 9.56. The lowest BCUT2D eigenvalue weighted by Crippen LogP contribution is -1.89. The molecule has 0 unspecified atom stereocenters. The molecular formula is C21H26ClFN2. The Kier molecular flexibility index (Phi) is 8.93. The van der Waals surface area contributed by atoms with Crippen LogP contribution in [-0.2, 0) is 6.42 Å². The molecule has 0 fully saturated rings. The molecule has 1 aromatic heterocycles. The van der Waals surface area contributed by atoms with Gasteiger partial charge in [-0.25, -0.2) is 4.39 Å². The van der Waals surface area contributed by atoms with E-state index in [1.807, 2.05) is 59.3 Å². The molecule has 2 aromatic carbocycles. The van der Waals surface area contributed by atoms with Gasteiger partial charge in [-0.15, -0.1) is 0 Å². The topological polar surface area (TPSA) is 24.9 Å². The highest BCUT2D eigenvalue weighted by atomic mass is 35.5. The highest BCUT2D eigenvalue weighted by molar-refractivity contribution is 6.31. The molecule has 1 N–H and O–H groups in total. The van der Waals surface area contributed by atoms with Crippen molar-refractivity contribution < 1.29 is 4.39 Å². The molecule has 0 aliphatic rings. The van der Waals surface area contributed by atoms with Crippen molar-refractivity contribution >= 4 is 28.1 Å². The standard InChI is InChI=1S/C10H10N2.C9H10ClF.C2H6/c1-11-10-4-2-3-8-7-12-6-5-9(8)10;1-3-7-4-6(2)8(10)5-9(7)11;1-2/h2-7,11H,1H3;4-5H,3H2,1-2H3;1-2H3. The molecule has 4 heteroatoms. The van der Waals surface area contributed by atoms with E-state index in [1.54, 1.807) is 6.07 Å². The van der Waals surface area contributed by atoms with E-state index in [4.69, 9.17) is 11.6 Å². The fourth-order valence-electron chi connectivity index (χ4n) is 2.33. The van der Waals surface area contributed by atoms with Crippen molar-refractivity contribution in [2.24, 2.45) is 0 Å². The SMILES string of the molecule is CC.CCc1cc(C)c(Cl)cc1F.CNc1cccc2cnccc12. The van der Waals surface area contributed by atoms with Gasteiger partial charge in [0.2, 0.25) is 0 Å². The lowest BCUT2D eigenvalue weighted by atomic mass is 10.1. The number of benzene rings is 2. The Labute approximate surface area is 155 Å². The monoisotopic (exact) mass is 360 g/mol. The van der Waals surface area contributed by atoms with Crippen LogP contribution in [0.15, 0.2) is 48.8 Å². The van der Waals surface area contributed by atoms with Crippen molar-refractivity contribution in [1.82, 2.24) is 4.98 Å². The van der Waals surface area contributed by atoms with E-state index in [2.05, 4.69) is 22.4 Å². The lowest BCUT2D eigenvalue weighted by molar-refractivity contribution is 0.612. The molecule has 2 nitrogen and oxygen atoms in total. The fourth-order valence-corrected chi connectivity index (χ4v) is 2.48. The molecule has 0 atom stereocenters. The first kappa shape index (κ1) is 20.9. The summed E-state index contributed by atoms with van der Waals surface area (Å²) in [7, 11) is 1.93. The van der Waals surface area contributed by atoms with Gasteiger partial charge in [0.05, 0.1) is 0 Å². The first-order valence-corrected chi connectivity index (χ1v) is 8.89. The number of halogens is 2. The summed E-state index contributed by atoms with van der Waals surface area (Å²) in [5.41, 5.74) is 2.81. The summed E-state index contributed by atoms with van der Waals surface area (Å²) in [4.78, 5) is 4.06. The molecule has 3 aromatic rings. The number of aromatic nitrogens is 1. The van der Waals surface area contributed by atoms with Crippen LogP contribution in [0.3, 0.4) is 0 Å². The van der Waals surface area contributed by atoms with Gasteiger partial charge < -0.3 is 5.32 Å². The third-order valence-electron chi connectivity index (χ3n) is 3.66. The maximum atomic E-state index is 12.9. The summed E-state index contributed by atoms with van der Waals surface area (Å²) < 4.78 is 12.9. The number of anilines is 1. The lowest BCUT2D eigenvalue weighted by Gasteiger charge is -2.03. The highest BCUT2D eigenvalue weighted by Gasteiger charge is 2.03. The second-order valence-electron chi connectivity index (χ2n) is 5.20. The number of nitrogens with one attached hydrogen (secondary N) is 1. The van der Waals surface area contributed by atoms with Crippen molar-refractivity contribution in [1.29, 1.82) is 0 Å². The Morgan fingerprint density at radius 2 is 1.88 bits per heavy atom. The number of hydrogen-bond donors (Lipinski definition) is 1. The molecule has 3 rings (SSSR count). The zero-order chi connectivity index (χ0) is 18.8.